The van der Waals surface area contributed by atoms with Crippen molar-refractivity contribution in [2.45, 2.75) is 45.3 Å². The lowest BCUT2D eigenvalue weighted by molar-refractivity contribution is -0.0554. The van der Waals surface area contributed by atoms with Crippen LogP contribution >= 0.6 is 11.3 Å². The molecule has 0 aromatic carbocycles. The zero-order valence-corrected chi connectivity index (χ0v) is 14.5. The molecule has 1 saturated heterocycles. The second-order valence-electron chi connectivity index (χ2n) is 6.86. The van der Waals surface area contributed by atoms with Crippen LogP contribution in [-0.2, 0) is 11.3 Å². The van der Waals surface area contributed by atoms with Gasteiger partial charge in [-0.2, -0.15) is 11.3 Å². The van der Waals surface area contributed by atoms with Gasteiger partial charge < -0.3 is 20.5 Å². The molecule has 1 aromatic heterocycles. The fraction of sp³-hybridized carbons (Fsp3) is 0.706. The molecule has 2 heterocycles. The van der Waals surface area contributed by atoms with Gasteiger partial charge >= 0.3 is 6.03 Å². The number of hydrogen-bond acceptors (Lipinski definition) is 4. The first-order valence-electron chi connectivity index (χ1n) is 8.40. The lowest BCUT2D eigenvalue weighted by Gasteiger charge is -2.37. The fourth-order valence-electron chi connectivity index (χ4n) is 3.85. The molecule has 2 amide bonds. The smallest absolute Gasteiger partial charge is 0.315 e. The summed E-state index contributed by atoms with van der Waals surface area (Å²) < 4.78 is 5.42. The average molecular weight is 338 g/mol. The van der Waals surface area contributed by atoms with Crippen LogP contribution in [0.5, 0.6) is 0 Å². The second kappa shape index (κ2) is 7.20. The van der Waals surface area contributed by atoms with Crippen LogP contribution in [0.15, 0.2) is 10.8 Å². The normalized spacial score (nSPS) is 26.3. The van der Waals surface area contributed by atoms with E-state index in [-0.39, 0.29) is 23.5 Å². The van der Waals surface area contributed by atoms with Crippen molar-refractivity contribution in [3.8, 4) is 0 Å². The maximum absolute atomic E-state index is 12.0. The van der Waals surface area contributed by atoms with Crippen LogP contribution in [0.25, 0.3) is 0 Å². The van der Waals surface area contributed by atoms with Crippen molar-refractivity contribution in [1.82, 2.24) is 10.6 Å². The van der Waals surface area contributed by atoms with Gasteiger partial charge in [-0.05, 0) is 54.5 Å². The molecule has 2 fully saturated rings. The largest absolute Gasteiger partial charge is 0.392 e. The maximum Gasteiger partial charge on any atom is 0.315 e. The number of aryl methyl sites for hydroxylation is 1. The number of amides is 2. The van der Waals surface area contributed by atoms with Crippen molar-refractivity contribution in [3.05, 3.63) is 21.9 Å². The van der Waals surface area contributed by atoms with Crippen LogP contribution in [0.3, 0.4) is 0 Å². The van der Waals surface area contributed by atoms with Gasteiger partial charge in [0.1, 0.15) is 0 Å². The van der Waals surface area contributed by atoms with Crippen LogP contribution in [0.4, 0.5) is 4.79 Å². The van der Waals surface area contributed by atoms with E-state index >= 15 is 0 Å². The van der Waals surface area contributed by atoms with Crippen LogP contribution in [-0.4, -0.2) is 37.0 Å². The second-order valence-corrected chi connectivity index (χ2v) is 7.61. The number of thiophene rings is 1. The van der Waals surface area contributed by atoms with E-state index in [1.54, 1.807) is 11.3 Å². The Morgan fingerprint density at radius 1 is 1.35 bits per heavy atom. The van der Waals surface area contributed by atoms with Gasteiger partial charge in [0.05, 0.1) is 6.10 Å². The van der Waals surface area contributed by atoms with Gasteiger partial charge in [0.25, 0.3) is 0 Å². The molecule has 2 aliphatic rings. The van der Waals surface area contributed by atoms with Crippen molar-refractivity contribution in [3.63, 3.8) is 0 Å². The molecule has 5 nitrogen and oxygen atoms in total. The summed E-state index contributed by atoms with van der Waals surface area (Å²) in [6.07, 6.45) is 3.57. The first-order chi connectivity index (χ1) is 11.1. The number of ether oxygens (including phenoxy) is 1. The summed E-state index contributed by atoms with van der Waals surface area (Å²) in [7, 11) is 0. The summed E-state index contributed by atoms with van der Waals surface area (Å²) in [6.45, 7) is 4.64. The van der Waals surface area contributed by atoms with E-state index in [0.29, 0.717) is 13.1 Å². The fourth-order valence-corrected chi connectivity index (χ4v) is 4.70. The Labute approximate surface area is 141 Å². The third-order valence-electron chi connectivity index (χ3n) is 5.50. The number of carbonyl (C=O) groups is 1. The van der Waals surface area contributed by atoms with Gasteiger partial charge in [0.15, 0.2) is 0 Å². The van der Waals surface area contributed by atoms with Crippen LogP contribution in [0.2, 0.25) is 0 Å². The van der Waals surface area contributed by atoms with Crippen molar-refractivity contribution in [2.75, 3.05) is 19.8 Å². The SMILES string of the molecule is Cc1cscc1CNC(=O)NC[C@H]1CCC2(CCOCC2)[C@@H]1O. The van der Waals surface area contributed by atoms with E-state index in [0.717, 1.165) is 44.5 Å². The van der Waals surface area contributed by atoms with E-state index in [9.17, 15) is 9.90 Å². The number of aliphatic hydroxyl groups is 1. The highest BCUT2D eigenvalue weighted by atomic mass is 32.1. The standard InChI is InChI=1S/C17H26N2O3S/c1-12-10-23-11-14(12)9-19-16(21)18-8-13-2-3-17(15(13)20)4-6-22-7-5-17/h10-11,13,15,20H,2-9H2,1H3,(H2,18,19,21)/t13-,15-/m1/s1. The molecule has 0 bridgehead atoms. The predicted octanol–water partition coefficient (Wildman–Crippen LogP) is 2.42. The first-order valence-corrected chi connectivity index (χ1v) is 9.34. The van der Waals surface area contributed by atoms with E-state index in [1.807, 2.05) is 6.92 Å². The third kappa shape index (κ3) is 3.70. The molecule has 1 aliphatic heterocycles. The number of rotatable bonds is 4. The summed E-state index contributed by atoms with van der Waals surface area (Å²) in [5.74, 6) is 0.154. The molecule has 3 N–H and O–H groups in total. The molecule has 0 unspecified atom stereocenters. The monoisotopic (exact) mass is 338 g/mol. The third-order valence-corrected chi connectivity index (χ3v) is 6.41. The summed E-state index contributed by atoms with van der Waals surface area (Å²) in [6, 6.07) is -0.157. The van der Waals surface area contributed by atoms with E-state index < -0.39 is 0 Å². The summed E-state index contributed by atoms with van der Waals surface area (Å²) >= 11 is 1.65. The number of carbonyl (C=O) groups excluding carboxylic acids is 1. The minimum Gasteiger partial charge on any atom is -0.392 e. The lowest BCUT2D eigenvalue weighted by atomic mass is 9.76. The maximum atomic E-state index is 12.0. The van der Waals surface area contributed by atoms with Gasteiger partial charge in [-0.1, -0.05) is 0 Å². The zero-order valence-electron chi connectivity index (χ0n) is 13.6. The minimum atomic E-state index is -0.328. The van der Waals surface area contributed by atoms with Gasteiger partial charge in [-0.15, -0.1) is 0 Å². The Morgan fingerprint density at radius 2 is 2.13 bits per heavy atom. The molecule has 1 aliphatic carbocycles. The highest BCUT2D eigenvalue weighted by Crippen LogP contribution is 2.48. The van der Waals surface area contributed by atoms with Crippen molar-refractivity contribution < 1.29 is 14.6 Å². The highest BCUT2D eigenvalue weighted by molar-refractivity contribution is 7.08. The molecule has 1 aromatic rings. The van der Waals surface area contributed by atoms with Gasteiger partial charge in [-0.3, -0.25) is 0 Å². The van der Waals surface area contributed by atoms with Gasteiger partial charge in [0.2, 0.25) is 0 Å². The minimum absolute atomic E-state index is 0.0227. The van der Waals surface area contributed by atoms with Crippen LogP contribution < -0.4 is 10.6 Å². The molecular weight excluding hydrogens is 312 g/mol. The summed E-state index contributed by atoms with van der Waals surface area (Å²) in [4.78, 5) is 12.0. The van der Waals surface area contributed by atoms with Crippen molar-refractivity contribution in [2.24, 2.45) is 11.3 Å². The van der Waals surface area contributed by atoms with Gasteiger partial charge in [0, 0.05) is 37.6 Å². The van der Waals surface area contributed by atoms with E-state index in [1.165, 1.54) is 5.56 Å². The molecule has 6 heteroatoms. The molecule has 23 heavy (non-hydrogen) atoms. The molecular formula is C17H26N2O3S. The van der Waals surface area contributed by atoms with Gasteiger partial charge in [-0.25, -0.2) is 4.79 Å². The number of aliphatic hydroxyl groups excluding tert-OH is 1. The summed E-state index contributed by atoms with van der Waals surface area (Å²) in [5, 5.41) is 20.6. The number of hydrogen-bond donors (Lipinski definition) is 3. The molecule has 128 valence electrons. The number of nitrogens with one attached hydrogen (secondary N) is 2. The molecule has 3 rings (SSSR count). The Bertz CT molecular complexity index is 540. The lowest BCUT2D eigenvalue weighted by Crippen LogP contribution is -2.43. The Morgan fingerprint density at radius 3 is 2.83 bits per heavy atom. The topological polar surface area (TPSA) is 70.6 Å². The van der Waals surface area contributed by atoms with E-state index in [4.69, 9.17) is 4.74 Å². The van der Waals surface area contributed by atoms with Crippen LogP contribution in [0, 0.1) is 18.3 Å². The quantitative estimate of drug-likeness (QED) is 0.790. The highest BCUT2D eigenvalue weighted by Gasteiger charge is 2.48. The zero-order chi connectivity index (χ0) is 16.3. The first kappa shape index (κ1) is 16.7. The average Bonchev–Trinajstić information content (AvgIpc) is 3.10. The predicted molar refractivity (Wildman–Crippen MR) is 90.5 cm³/mol. The molecule has 1 spiro atoms. The Kier molecular flexibility index (Phi) is 5.24. The Balaban J connectivity index is 1.43. The van der Waals surface area contributed by atoms with Crippen LogP contribution in [0.1, 0.15) is 36.8 Å². The number of urea groups is 1. The molecule has 0 radical (unpaired) electrons. The Hall–Kier alpha value is -1.11. The van der Waals surface area contributed by atoms with Crippen molar-refractivity contribution in [1.29, 1.82) is 0 Å². The van der Waals surface area contributed by atoms with Crippen molar-refractivity contribution >= 4 is 17.4 Å². The summed E-state index contributed by atoms with van der Waals surface area (Å²) in [5.41, 5.74) is 2.39. The molecule has 2 atom stereocenters. The molecule has 1 saturated carbocycles. The van der Waals surface area contributed by atoms with E-state index in [2.05, 4.69) is 21.4 Å².